The highest BCUT2D eigenvalue weighted by Crippen LogP contribution is 2.40. The number of hydrogen-bond acceptors (Lipinski definition) is 3. The van der Waals surface area contributed by atoms with Gasteiger partial charge in [0.25, 0.3) is 5.56 Å². The summed E-state index contributed by atoms with van der Waals surface area (Å²) >= 11 is 0. The highest BCUT2D eigenvalue weighted by Gasteiger charge is 2.32. The van der Waals surface area contributed by atoms with E-state index < -0.39 is 0 Å². The van der Waals surface area contributed by atoms with E-state index in [-0.39, 0.29) is 17.4 Å². The Labute approximate surface area is 81.8 Å². The molecule has 2 rings (SSSR count). The van der Waals surface area contributed by atoms with Gasteiger partial charge in [-0.05, 0) is 31.7 Å². The van der Waals surface area contributed by atoms with Gasteiger partial charge in [-0.3, -0.25) is 4.79 Å². The second-order valence-electron chi connectivity index (χ2n) is 3.94. The fourth-order valence-corrected chi connectivity index (χ4v) is 1.69. The Morgan fingerprint density at radius 1 is 1.64 bits per heavy atom. The van der Waals surface area contributed by atoms with Crippen LogP contribution >= 0.6 is 0 Å². The molecule has 0 amide bonds. The third-order valence-electron chi connectivity index (χ3n) is 2.65. The van der Waals surface area contributed by atoms with Crippen LogP contribution in [0.4, 0.5) is 0 Å². The van der Waals surface area contributed by atoms with Gasteiger partial charge in [0.05, 0.1) is 5.56 Å². The van der Waals surface area contributed by atoms with Crippen molar-refractivity contribution in [3.05, 3.63) is 27.7 Å². The number of rotatable bonds is 2. The molecule has 0 bridgehead atoms. The summed E-state index contributed by atoms with van der Waals surface area (Å²) in [5, 5.41) is 9.62. The second-order valence-corrected chi connectivity index (χ2v) is 3.94. The Balaban J connectivity index is 2.45. The Kier molecular flexibility index (Phi) is 2.07. The quantitative estimate of drug-likeness (QED) is 0.651. The summed E-state index contributed by atoms with van der Waals surface area (Å²) in [5.41, 5.74) is 6.59. The van der Waals surface area contributed by atoms with Crippen molar-refractivity contribution in [1.29, 1.82) is 0 Å². The molecule has 4 heteroatoms. The third kappa shape index (κ3) is 1.53. The Morgan fingerprint density at radius 3 is 2.79 bits per heavy atom. The first kappa shape index (κ1) is 9.27. The first-order valence-corrected chi connectivity index (χ1v) is 4.78. The lowest BCUT2D eigenvalue weighted by atomic mass is 10.0. The summed E-state index contributed by atoms with van der Waals surface area (Å²) in [6.07, 6.45) is 2.10. The highest BCUT2D eigenvalue weighted by molar-refractivity contribution is 5.34. The third-order valence-corrected chi connectivity index (χ3v) is 2.65. The van der Waals surface area contributed by atoms with Crippen LogP contribution in [0.15, 0.2) is 10.9 Å². The zero-order valence-corrected chi connectivity index (χ0v) is 8.08. The molecule has 0 saturated heterocycles. The van der Waals surface area contributed by atoms with Gasteiger partial charge in [-0.15, -0.1) is 0 Å². The first-order chi connectivity index (χ1) is 6.59. The van der Waals surface area contributed by atoms with E-state index in [1.54, 1.807) is 13.0 Å². The number of aromatic amines is 1. The van der Waals surface area contributed by atoms with Crippen molar-refractivity contribution in [2.75, 3.05) is 0 Å². The van der Waals surface area contributed by atoms with E-state index in [1.165, 1.54) is 0 Å². The molecular formula is C10H14N2O2. The molecule has 14 heavy (non-hydrogen) atoms. The molecule has 1 aliphatic rings. The molecule has 1 aliphatic carbocycles. The molecule has 1 atom stereocenters. The minimum atomic E-state index is -0.320. The van der Waals surface area contributed by atoms with Crippen molar-refractivity contribution in [1.82, 2.24) is 4.98 Å². The number of nitrogens with two attached hydrogens (primary N) is 1. The molecule has 0 radical (unpaired) electrons. The van der Waals surface area contributed by atoms with Gasteiger partial charge >= 0.3 is 0 Å². The molecule has 76 valence electrons. The van der Waals surface area contributed by atoms with E-state index in [2.05, 4.69) is 4.98 Å². The summed E-state index contributed by atoms with van der Waals surface area (Å²) in [4.78, 5) is 14.2. The number of aromatic nitrogens is 1. The van der Waals surface area contributed by atoms with Crippen LogP contribution in [0.25, 0.3) is 0 Å². The molecule has 1 fully saturated rings. The largest absolute Gasteiger partial charge is 0.507 e. The predicted molar refractivity (Wildman–Crippen MR) is 53.1 cm³/mol. The molecule has 1 aromatic heterocycles. The lowest BCUT2D eigenvalue weighted by Crippen LogP contribution is -2.23. The SMILES string of the molecule is Cc1cc(O)c([C@@H](N)C2CC2)c(=O)[nH]1. The highest BCUT2D eigenvalue weighted by atomic mass is 16.3. The van der Waals surface area contributed by atoms with E-state index >= 15 is 0 Å². The van der Waals surface area contributed by atoms with Crippen LogP contribution in [0.2, 0.25) is 0 Å². The zero-order valence-electron chi connectivity index (χ0n) is 8.08. The van der Waals surface area contributed by atoms with Gasteiger partial charge in [0.2, 0.25) is 0 Å². The minimum absolute atomic E-state index is 0.0191. The topological polar surface area (TPSA) is 79.1 Å². The number of H-pyrrole nitrogens is 1. The molecule has 4 N–H and O–H groups in total. The van der Waals surface area contributed by atoms with Gasteiger partial charge in [-0.25, -0.2) is 0 Å². The maximum Gasteiger partial charge on any atom is 0.256 e. The zero-order chi connectivity index (χ0) is 10.3. The molecule has 0 aromatic carbocycles. The van der Waals surface area contributed by atoms with Crippen LogP contribution in [0, 0.1) is 12.8 Å². The van der Waals surface area contributed by atoms with E-state index in [0.29, 0.717) is 17.2 Å². The number of aryl methyl sites for hydroxylation is 1. The molecule has 0 spiro atoms. The van der Waals surface area contributed by atoms with Crippen molar-refractivity contribution in [3.8, 4) is 5.75 Å². The number of aromatic hydroxyl groups is 1. The van der Waals surface area contributed by atoms with Crippen LogP contribution in [0.3, 0.4) is 0 Å². The smallest absolute Gasteiger partial charge is 0.256 e. The number of hydrogen-bond donors (Lipinski definition) is 3. The molecule has 1 heterocycles. The lowest BCUT2D eigenvalue weighted by Gasteiger charge is -2.11. The van der Waals surface area contributed by atoms with E-state index in [1.807, 2.05) is 0 Å². The summed E-state index contributed by atoms with van der Waals surface area (Å²) in [7, 11) is 0. The molecule has 1 saturated carbocycles. The summed E-state index contributed by atoms with van der Waals surface area (Å²) in [6, 6.07) is 1.22. The standard InChI is InChI=1S/C10H14N2O2/c1-5-4-7(13)8(10(14)12-5)9(11)6-2-3-6/h4,6,9H,2-3,11H2,1H3,(H2,12,13,14)/t9-/m0/s1. The second kappa shape index (κ2) is 3.13. The molecule has 4 nitrogen and oxygen atoms in total. The molecule has 0 unspecified atom stereocenters. The average molecular weight is 194 g/mol. The first-order valence-electron chi connectivity index (χ1n) is 4.78. The Morgan fingerprint density at radius 2 is 2.29 bits per heavy atom. The van der Waals surface area contributed by atoms with Crippen molar-refractivity contribution in [2.45, 2.75) is 25.8 Å². The van der Waals surface area contributed by atoms with Gasteiger partial charge in [0.15, 0.2) is 0 Å². The van der Waals surface area contributed by atoms with Gasteiger partial charge < -0.3 is 15.8 Å². The Hall–Kier alpha value is -1.29. The van der Waals surface area contributed by atoms with Gasteiger partial charge in [0, 0.05) is 11.7 Å². The minimum Gasteiger partial charge on any atom is -0.507 e. The normalized spacial score (nSPS) is 18.1. The lowest BCUT2D eigenvalue weighted by molar-refractivity contribution is 0.452. The van der Waals surface area contributed by atoms with Crippen LogP contribution in [0.1, 0.15) is 30.1 Å². The van der Waals surface area contributed by atoms with Gasteiger partial charge in [-0.1, -0.05) is 0 Å². The van der Waals surface area contributed by atoms with Gasteiger partial charge in [0.1, 0.15) is 5.75 Å². The average Bonchev–Trinajstić information content (AvgIpc) is 2.83. The van der Waals surface area contributed by atoms with Crippen molar-refractivity contribution in [2.24, 2.45) is 11.7 Å². The van der Waals surface area contributed by atoms with Crippen LogP contribution in [-0.2, 0) is 0 Å². The maximum atomic E-state index is 11.5. The van der Waals surface area contributed by atoms with E-state index in [0.717, 1.165) is 12.8 Å². The number of nitrogens with one attached hydrogen (secondary N) is 1. The van der Waals surface area contributed by atoms with Gasteiger partial charge in [-0.2, -0.15) is 0 Å². The van der Waals surface area contributed by atoms with E-state index in [9.17, 15) is 9.90 Å². The fourth-order valence-electron chi connectivity index (χ4n) is 1.69. The van der Waals surface area contributed by atoms with E-state index in [4.69, 9.17) is 5.73 Å². The van der Waals surface area contributed by atoms with Crippen LogP contribution < -0.4 is 11.3 Å². The number of pyridine rings is 1. The predicted octanol–water partition coefficient (Wildman–Crippen LogP) is 0.799. The molecular weight excluding hydrogens is 180 g/mol. The molecule has 0 aliphatic heterocycles. The fraction of sp³-hybridized carbons (Fsp3) is 0.500. The Bertz CT molecular complexity index is 407. The van der Waals surface area contributed by atoms with Crippen LogP contribution in [0.5, 0.6) is 5.75 Å². The van der Waals surface area contributed by atoms with Crippen molar-refractivity contribution in [3.63, 3.8) is 0 Å². The van der Waals surface area contributed by atoms with Crippen LogP contribution in [-0.4, -0.2) is 10.1 Å². The summed E-state index contributed by atoms with van der Waals surface area (Å²) in [6.45, 7) is 1.73. The maximum absolute atomic E-state index is 11.5. The summed E-state index contributed by atoms with van der Waals surface area (Å²) in [5.74, 6) is 0.385. The molecule has 1 aromatic rings. The summed E-state index contributed by atoms with van der Waals surface area (Å²) < 4.78 is 0. The van der Waals surface area contributed by atoms with Crippen molar-refractivity contribution < 1.29 is 5.11 Å². The van der Waals surface area contributed by atoms with Crippen molar-refractivity contribution >= 4 is 0 Å². The monoisotopic (exact) mass is 194 g/mol.